The topological polar surface area (TPSA) is 20.2 Å². The molecule has 0 amide bonds. The second kappa shape index (κ2) is 5.66. The zero-order valence-corrected chi connectivity index (χ0v) is 11.0. The van der Waals surface area contributed by atoms with E-state index in [2.05, 4.69) is 41.9 Å². The summed E-state index contributed by atoms with van der Waals surface area (Å²) in [5, 5.41) is 9.44. The van der Waals surface area contributed by atoms with Crippen LogP contribution in [0.5, 0.6) is 0 Å². The van der Waals surface area contributed by atoms with Crippen LogP contribution in [-0.2, 0) is 6.42 Å². The van der Waals surface area contributed by atoms with Crippen molar-refractivity contribution < 1.29 is 5.11 Å². The molecule has 2 heteroatoms. The van der Waals surface area contributed by atoms with Crippen molar-refractivity contribution in [3.63, 3.8) is 0 Å². The minimum atomic E-state index is 0.0234. The molecule has 1 atom stereocenters. The van der Waals surface area contributed by atoms with Crippen LogP contribution in [-0.4, -0.2) is 11.7 Å². The number of aliphatic hydroxyl groups is 1. The Morgan fingerprint density at radius 1 is 1.40 bits per heavy atom. The number of hydrogen-bond donors (Lipinski definition) is 1. The third-order valence-corrected chi connectivity index (χ3v) is 3.25. The van der Waals surface area contributed by atoms with Crippen LogP contribution in [0.2, 0.25) is 0 Å². The highest BCUT2D eigenvalue weighted by Crippen LogP contribution is 2.28. The van der Waals surface area contributed by atoms with E-state index in [-0.39, 0.29) is 12.0 Å². The number of hydrogen-bond acceptors (Lipinski definition) is 1. The zero-order chi connectivity index (χ0) is 11.3. The first-order chi connectivity index (χ1) is 7.09. The summed E-state index contributed by atoms with van der Waals surface area (Å²) in [5.41, 5.74) is 1.31. The van der Waals surface area contributed by atoms with Gasteiger partial charge in [0.1, 0.15) is 0 Å². The van der Waals surface area contributed by atoms with Gasteiger partial charge in [-0.15, -0.1) is 0 Å². The van der Waals surface area contributed by atoms with Crippen LogP contribution in [0.1, 0.15) is 32.3 Å². The minimum absolute atomic E-state index is 0.0234. The number of aliphatic hydroxyl groups excluding tert-OH is 1. The molecule has 1 nitrogen and oxygen atoms in total. The molecule has 0 spiro atoms. The molecule has 0 radical (unpaired) electrons. The molecule has 0 aromatic heterocycles. The predicted molar refractivity (Wildman–Crippen MR) is 67.9 cm³/mol. The molecule has 1 aromatic rings. The van der Waals surface area contributed by atoms with E-state index in [1.165, 1.54) is 5.56 Å². The molecule has 0 aliphatic rings. The fourth-order valence-corrected chi connectivity index (χ4v) is 2.41. The van der Waals surface area contributed by atoms with Gasteiger partial charge in [-0.2, -0.15) is 0 Å². The number of halogens is 1. The summed E-state index contributed by atoms with van der Waals surface area (Å²) < 4.78 is 1.11. The number of rotatable bonds is 5. The molecule has 1 aromatic carbocycles. The average Bonchev–Trinajstić information content (AvgIpc) is 2.18. The first-order valence-electron chi connectivity index (χ1n) is 5.45. The Morgan fingerprint density at radius 3 is 2.67 bits per heavy atom. The summed E-state index contributed by atoms with van der Waals surface area (Å²) in [7, 11) is 0. The van der Waals surface area contributed by atoms with Crippen LogP contribution in [0, 0.1) is 5.41 Å². The quantitative estimate of drug-likeness (QED) is 0.863. The van der Waals surface area contributed by atoms with E-state index in [1.807, 2.05) is 12.1 Å². The lowest BCUT2D eigenvalue weighted by atomic mass is 9.80. The Balaban J connectivity index is 2.74. The largest absolute Gasteiger partial charge is 0.396 e. The van der Waals surface area contributed by atoms with Crippen molar-refractivity contribution >= 4 is 15.9 Å². The van der Waals surface area contributed by atoms with Gasteiger partial charge < -0.3 is 5.11 Å². The predicted octanol–water partition coefficient (Wildman–Crippen LogP) is 3.79. The van der Waals surface area contributed by atoms with Gasteiger partial charge in [0.15, 0.2) is 0 Å². The highest BCUT2D eigenvalue weighted by atomic mass is 79.9. The SMILES string of the molecule is CCCC(C)(CO)Cc1cccc(Br)c1. The van der Waals surface area contributed by atoms with Crippen LogP contribution in [0.3, 0.4) is 0 Å². The average molecular weight is 271 g/mol. The molecule has 0 aliphatic carbocycles. The molecule has 0 heterocycles. The molecule has 84 valence electrons. The van der Waals surface area contributed by atoms with Crippen LogP contribution in [0.25, 0.3) is 0 Å². The van der Waals surface area contributed by atoms with E-state index in [1.54, 1.807) is 0 Å². The lowest BCUT2D eigenvalue weighted by Gasteiger charge is -2.27. The van der Waals surface area contributed by atoms with E-state index in [0.717, 1.165) is 23.7 Å². The van der Waals surface area contributed by atoms with Gasteiger partial charge in [0.05, 0.1) is 0 Å². The highest BCUT2D eigenvalue weighted by molar-refractivity contribution is 9.10. The van der Waals surface area contributed by atoms with E-state index < -0.39 is 0 Å². The smallest absolute Gasteiger partial charge is 0.0487 e. The van der Waals surface area contributed by atoms with Crippen molar-refractivity contribution in [1.82, 2.24) is 0 Å². The van der Waals surface area contributed by atoms with Gasteiger partial charge in [0.25, 0.3) is 0 Å². The van der Waals surface area contributed by atoms with E-state index >= 15 is 0 Å². The maximum atomic E-state index is 9.44. The lowest BCUT2D eigenvalue weighted by molar-refractivity contribution is 0.131. The maximum absolute atomic E-state index is 9.44. The lowest BCUT2D eigenvalue weighted by Crippen LogP contribution is -2.24. The molecule has 0 saturated carbocycles. The molecule has 0 fully saturated rings. The van der Waals surface area contributed by atoms with E-state index in [0.29, 0.717) is 0 Å². The molecule has 15 heavy (non-hydrogen) atoms. The summed E-state index contributed by atoms with van der Waals surface area (Å²) in [6.45, 7) is 4.57. The first-order valence-corrected chi connectivity index (χ1v) is 6.24. The van der Waals surface area contributed by atoms with Crippen molar-refractivity contribution in [2.45, 2.75) is 33.1 Å². The summed E-state index contributed by atoms with van der Waals surface area (Å²) in [6.07, 6.45) is 3.12. The Bertz CT molecular complexity index is 311. The van der Waals surface area contributed by atoms with Gasteiger partial charge in [-0.3, -0.25) is 0 Å². The second-order valence-corrected chi connectivity index (χ2v) is 5.44. The van der Waals surface area contributed by atoms with Crippen molar-refractivity contribution in [2.24, 2.45) is 5.41 Å². The van der Waals surface area contributed by atoms with Gasteiger partial charge in [-0.05, 0) is 36.0 Å². The van der Waals surface area contributed by atoms with Gasteiger partial charge in [0, 0.05) is 11.1 Å². The van der Waals surface area contributed by atoms with Crippen molar-refractivity contribution in [2.75, 3.05) is 6.61 Å². The second-order valence-electron chi connectivity index (χ2n) is 4.53. The van der Waals surface area contributed by atoms with Crippen molar-refractivity contribution in [1.29, 1.82) is 0 Å². The Labute approximate surface area is 101 Å². The normalized spacial score (nSPS) is 14.9. The molecule has 1 N–H and O–H groups in total. The van der Waals surface area contributed by atoms with E-state index in [9.17, 15) is 5.11 Å². The third-order valence-electron chi connectivity index (χ3n) is 2.76. The van der Waals surface area contributed by atoms with Crippen LogP contribution < -0.4 is 0 Å². The molecule has 0 saturated heterocycles. The van der Waals surface area contributed by atoms with Crippen LogP contribution >= 0.6 is 15.9 Å². The van der Waals surface area contributed by atoms with Gasteiger partial charge in [-0.1, -0.05) is 48.3 Å². The van der Waals surface area contributed by atoms with Crippen molar-refractivity contribution in [3.8, 4) is 0 Å². The molecule has 0 aliphatic heterocycles. The Kier molecular flexibility index (Phi) is 4.81. The Morgan fingerprint density at radius 2 is 2.13 bits per heavy atom. The fourth-order valence-electron chi connectivity index (χ4n) is 1.97. The highest BCUT2D eigenvalue weighted by Gasteiger charge is 2.22. The summed E-state index contributed by atoms with van der Waals surface area (Å²) >= 11 is 3.47. The molecular formula is C13H19BrO. The fraction of sp³-hybridized carbons (Fsp3) is 0.538. The summed E-state index contributed by atoms with van der Waals surface area (Å²) in [5.74, 6) is 0. The monoisotopic (exact) mass is 270 g/mol. The van der Waals surface area contributed by atoms with Crippen molar-refractivity contribution in [3.05, 3.63) is 34.3 Å². The Hall–Kier alpha value is -0.340. The first kappa shape index (κ1) is 12.7. The van der Waals surface area contributed by atoms with Crippen LogP contribution in [0.15, 0.2) is 28.7 Å². The number of benzene rings is 1. The van der Waals surface area contributed by atoms with Gasteiger partial charge in [0.2, 0.25) is 0 Å². The molecule has 1 rings (SSSR count). The summed E-state index contributed by atoms with van der Waals surface area (Å²) in [4.78, 5) is 0. The third kappa shape index (κ3) is 3.96. The molecular weight excluding hydrogens is 252 g/mol. The van der Waals surface area contributed by atoms with Crippen LogP contribution in [0.4, 0.5) is 0 Å². The summed E-state index contributed by atoms with van der Waals surface area (Å²) in [6, 6.07) is 8.32. The van der Waals surface area contributed by atoms with Gasteiger partial charge in [-0.25, -0.2) is 0 Å². The standard InChI is InChI=1S/C13H19BrO/c1-3-7-13(2,10-15)9-11-5-4-6-12(14)8-11/h4-6,8,15H,3,7,9-10H2,1-2H3. The van der Waals surface area contributed by atoms with Gasteiger partial charge >= 0.3 is 0 Å². The zero-order valence-electron chi connectivity index (χ0n) is 9.46. The maximum Gasteiger partial charge on any atom is 0.0487 e. The minimum Gasteiger partial charge on any atom is -0.396 e. The molecule has 1 unspecified atom stereocenters. The van der Waals surface area contributed by atoms with E-state index in [4.69, 9.17) is 0 Å². The molecule has 0 bridgehead atoms.